The van der Waals surface area contributed by atoms with Crippen LogP contribution in [0.25, 0.3) is 0 Å². The third-order valence-corrected chi connectivity index (χ3v) is 6.93. The van der Waals surface area contributed by atoms with Crippen LogP contribution in [0.2, 0.25) is 10.0 Å². The van der Waals surface area contributed by atoms with Crippen molar-refractivity contribution in [1.29, 1.82) is 0 Å². The fourth-order valence-corrected chi connectivity index (χ4v) is 4.74. The highest BCUT2D eigenvalue weighted by atomic mass is 35.5. The lowest BCUT2D eigenvalue weighted by molar-refractivity contribution is -0.139. The average Bonchev–Trinajstić information content (AvgIpc) is 3.03. The van der Waals surface area contributed by atoms with Crippen LogP contribution in [0.1, 0.15) is 45.7 Å². The van der Waals surface area contributed by atoms with Crippen LogP contribution in [-0.2, 0) is 9.53 Å². The number of urea groups is 2. The number of likely N-dealkylation sites (N-methyl/N-ethyl adjacent to an activating group) is 1. The number of carbonyl (C=O) groups is 3. The first-order valence-corrected chi connectivity index (χ1v) is 12.9. The minimum atomic E-state index is -0.810. The fraction of sp³-hybridized carbons (Fsp3) is 0.560. The lowest BCUT2D eigenvalue weighted by atomic mass is 9.94. The first-order chi connectivity index (χ1) is 16.9. The zero-order chi connectivity index (χ0) is 26.6. The molecule has 1 aromatic rings. The number of rotatable bonds is 5. The Morgan fingerprint density at radius 2 is 1.89 bits per heavy atom. The van der Waals surface area contributed by atoms with Crippen molar-refractivity contribution in [2.24, 2.45) is 0 Å². The van der Waals surface area contributed by atoms with Crippen molar-refractivity contribution < 1.29 is 19.1 Å². The van der Waals surface area contributed by atoms with E-state index in [4.69, 9.17) is 27.9 Å². The molecule has 2 N–H and O–H groups in total. The van der Waals surface area contributed by atoms with E-state index in [0.29, 0.717) is 54.6 Å². The van der Waals surface area contributed by atoms with Gasteiger partial charge < -0.3 is 20.3 Å². The van der Waals surface area contributed by atoms with E-state index in [1.165, 1.54) is 4.90 Å². The molecule has 2 aliphatic rings. The fourth-order valence-electron chi connectivity index (χ4n) is 4.32. The van der Waals surface area contributed by atoms with Gasteiger partial charge in [-0.05, 0) is 45.7 Å². The number of esters is 1. The maximum atomic E-state index is 13.2. The molecular weight excluding hydrogens is 505 g/mol. The standard InChI is InChI=1S/C25H35Cl2N5O4/c1-6-36-22(33)19-18(15-31-11-8-12-32(14-13-31)24(35)29-25(2,3)4)30(5)23(34)28-21(19)16-9-7-10-17(26)20(16)27/h7,9-10,21H,6,8,11-15H2,1-5H3,(H,28,34)(H,29,35)/t21-/m0/s1. The Morgan fingerprint density at radius 1 is 1.17 bits per heavy atom. The molecule has 198 valence electrons. The number of halogens is 2. The number of hydrogen-bond donors (Lipinski definition) is 2. The van der Waals surface area contributed by atoms with Crippen LogP contribution in [0.15, 0.2) is 29.5 Å². The number of benzene rings is 1. The van der Waals surface area contributed by atoms with Crippen molar-refractivity contribution in [2.45, 2.75) is 45.7 Å². The van der Waals surface area contributed by atoms with Crippen LogP contribution in [-0.4, -0.2) is 84.6 Å². The molecular formula is C25H35Cl2N5O4. The summed E-state index contributed by atoms with van der Waals surface area (Å²) in [6, 6.07) is 3.84. The van der Waals surface area contributed by atoms with Crippen molar-refractivity contribution in [3.8, 4) is 0 Å². The summed E-state index contributed by atoms with van der Waals surface area (Å²) in [5.74, 6) is -0.526. The highest BCUT2D eigenvalue weighted by Crippen LogP contribution is 2.37. The van der Waals surface area contributed by atoms with Gasteiger partial charge in [0.2, 0.25) is 0 Å². The first-order valence-electron chi connectivity index (χ1n) is 12.1. The second-order valence-electron chi connectivity index (χ2n) is 9.96. The van der Waals surface area contributed by atoms with Gasteiger partial charge in [-0.2, -0.15) is 0 Å². The molecule has 1 atom stereocenters. The van der Waals surface area contributed by atoms with Crippen molar-refractivity contribution in [3.05, 3.63) is 45.1 Å². The Kier molecular flexibility index (Phi) is 9.13. The van der Waals surface area contributed by atoms with Crippen molar-refractivity contribution >= 4 is 41.2 Å². The molecule has 0 bridgehead atoms. The van der Waals surface area contributed by atoms with Crippen LogP contribution >= 0.6 is 23.2 Å². The minimum Gasteiger partial charge on any atom is -0.463 e. The molecule has 11 heteroatoms. The normalized spacial score (nSPS) is 19.6. The SMILES string of the molecule is CCOC(=O)C1=C(CN2CCCN(C(=O)NC(C)(C)C)CC2)N(C)C(=O)N[C@H]1c1cccc(Cl)c1Cl. The molecule has 0 saturated carbocycles. The Balaban J connectivity index is 1.92. The van der Waals surface area contributed by atoms with Gasteiger partial charge in [0.1, 0.15) is 0 Å². The predicted octanol–water partition coefficient (Wildman–Crippen LogP) is 4.02. The lowest BCUT2D eigenvalue weighted by Crippen LogP contribution is -2.50. The van der Waals surface area contributed by atoms with Gasteiger partial charge >= 0.3 is 18.0 Å². The summed E-state index contributed by atoms with van der Waals surface area (Å²) in [6.07, 6.45) is 0.763. The third-order valence-electron chi connectivity index (χ3n) is 6.10. The quantitative estimate of drug-likeness (QED) is 0.551. The zero-order valence-electron chi connectivity index (χ0n) is 21.5. The molecule has 0 spiro atoms. The van der Waals surface area contributed by atoms with Crippen molar-refractivity contribution in [1.82, 2.24) is 25.3 Å². The highest BCUT2D eigenvalue weighted by Gasteiger charge is 2.38. The van der Waals surface area contributed by atoms with Crippen LogP contribution in [0.5, 0.6) is 0 Å². The van der Waals surface area contributed by atoms with E-state index in [9.17, 15) is 14.4 Å². The summed E-state index contributed by atoms with van der Waals surface area (Å²) in [5, 5.41) is 6.47. The molecule has 4 amide bonds. The second-order valence-corrected chi connectivity index (χ2v) is 10.7. The van der Waals surface area contributed by atoms with Crippen molar-refractivity contribution in [3.63, 3.8) is 0 Å². The summed E-state index contributed by atoms with van der Waals surface area (Å²) in [4.78, 5) is 44.2. The number of amides is 4. The second kappa shape index (κ2) is 11.7. The molecule has 0 unspecified atom stereocenters. The van der Waals surface area contributed by atoms with E-state index in [1.54, 1.807) is 37.1 Å². The van der Waals surface area contributed by atoms with Crippen LogP contribution < -0.4 is 10.6 Å². The van der Waals surface area contributed by atoms with Gasteiger partial charge in [0, 0.05) is 51.0 Å². The largest absolute Gasteiger partial charge is 0.463 e. The van der Waals surface area contributed by atoms with E-state index in [1.807, 2.05) is 20.8 Å². The zero-order valence-corrected chi connectivity index (χ0v) is 23.0. The molecule has 1 saturated heterocycles. The van der Waals surface area contributed by atoms with Gasteiger partial charge in [0.15, 0.2) is 0 Å². The van der Waals surface area contributed by atoms with Gasteiger partial charge in [-0.25, -0.2) is 14.4 Å². The smallest absolute Gasteiger partial charge is 0.338 e. The summed E-state index contributed by atoms with van der Waals surface area (Å²) in [5.41, 5.74) is 1.05. The summed E-state index contributed by atoms with van der Waals surface area (Å²) < 4.78 is 5.40. The van der Waals surface area contributed by atoms with E-state index in [-0.39, 0.29) is 29.2 Å². The molecule has 0 aliphatic carbocycles. The molecule has 9 nitrogen and oxygen atoms in total. The molecule has 2 aliphatic heterocycles. The maximum absolute atomic E-state index is 13.2. The summed E-state index contributed by atoms with van der Waals surface area (Å²) >= 11 is 12.7. The van der Waals surface area contributed by atoms with E-state index < -0.39 is 12.0 Å². The Bertz CT molecular complexity index is 1040. The molecule has 1 fully saturated rings. The molecule has 1 aromatic carbocycles. The summed E-state index contributed by atoms with van der Waals surface area (Å²) in [7, 11) is 1.63. The minimum absolute atomic E-state index is 0.0967. The number of hydrogen-bond acceptors (Lipinski definition) is 5. The lowest BCUT2D eigenvalue weighted by Gasteiger charge is -2.37. The molecule has 0 radical (unpaired) electrons. The monoisotopic (exact) mass is 539 g/mol. The van der Waals surface area contributed by atoms with Crippen LogP contribution in [0.4, 0.5) is 9.59 Å². The highest BCUT2D eigenvalue weighted by molar-refractivity contribution is 6.42. The topological polar surface area (TPSA) is 94.2 Å². The first kappa shape index (κ1) is 28.1. The number of carbonyl (C=O) groups excluding carboxylic acids is 3. The van der Waals surface area contributed by atoms with Gasteiger partial charge in [-0.15, -0.1) is 0 Å². The Hall–Kier alpha value is -2.49. The Morgan fingerprint density at radius 3 is 2.56 bits per heavy atom. The van der Waals surface area contributed by atoms with Gasteiger partial charge in [-0.1, -0.05) is 35.3 Å². The summed E-state index contributed by atoms with van der Waals surface area (Å²) in [6.45, 7) is 10.6. The molecule has 36 heavy (non-hydrogen) atoms. The van der Waals surface area contributed by atoms with Gasteiger partial charge in [0.25, 0.3) is 0 Å². The average molecular weight is 540 g/mol. The Labute approximate surface area is 222 Å². The van der Waals surface area contributed by atoms with Crippen LogP contribution in [0, 0.1) is 0 Å². The molecule has 2 heterocycles. The van der Waals surface area contributed by atoms with Crippen molar-refractivity contribution in [2.75, 3.05) is 46.4 Å². The maximum Gasteiger partial charge on any atom is 0.338 e. The molecule has 0 aromatic heterocycles. The third kappa shape index (κ3) is 6.63. The van der Waals surface area contributed by atoms with Crippen LogP contribution in [0.3, 0.4) is 0 Å². The van der Waals surface area contributed by atoms with E-state index in [0.717, 1.165) is 6.42 Å². The van der Waals surface area contributed by atoms with Gasteiger partial charge in [0.05, 0.1) is 28.3 Å². The number of ether oxygens (including phenoxy) is 1. The van der Waals surface area contributed by atoms with E-state index >= 15 is 0 Å². The number of nitrogens with zero attached hydrogens (tertiary/aromatic N) is 3. The van der Waals surface area contributed by atoms with E-state index in [2.05, 4.69) is 15.5 Å². The molecule has 3 rings (SSSR count). The predicted molar refractivity (Wildman–Crippen MR) is 140 cm³/mol. The number of nitrogens with one attached hydrogen (secondary N) is 2. The van der Waals surface area contributed by atoms with Gasteiger partial charge in [-0.3, -0.25) is 9.80 Å².